The highest BCUT2D eigenvalue weighted by Crippen LogP contribution is 2.26. The maximum atomic E-state index is 11.8. The molecule has 1 amide bonds. The van der Waals surface area contributed by atoms with Crippen LogP contribution < -0.4 is 4.74 Å². The summed E-state index contributed by atoms with van der Waals surface area (Å²) in [5.41, 5.74) is 1.37. The van der Waals surface area contributed by atoms with Crippen LogP contribution in [0.15, 0.2) is 18.2 Å². The number of fused-ring (bicyclic) bond motifs is 1. The summed E-state index contributed by atoms with van der Waals surface area (Å²) in [4.78, 5) is 23.7. The van der Waals surface area contributed by atoms with E-state index in [0.717, 1.165) is 5.56 Å². The maximum Gasteiger partial charge on any atom is 0.323 e. The van der Waals surface area contributed by atoms with Gasteiger partial charge in [-0.1, -0.05) is 6.07 Å². The van der Waals surface area contributed by atoms with Gasteiger partial charge in [-0.15, -0.1) is 0 Å². The Bertz CT molecular complexity index is 455. The molecule has 1 aliphatic heterocycles. The summed E-state index contributed by atoms with van der Waals surface area (Å²) in [5.74, 6) is -0.659. The highest BCUT2D eigenvalue weighted by atomic mass is 16.5. The smallest absolute Gasteiger partial charge is 0.323 e. The second-order valence-corrected chi connectivity index (χ2v) is 3.58. The van der Waals surface area contributed by atoms with E-state index in [2.05, 4.69) is 0 Å². The van der Waals surface area contributed by atoms with E-state index >= 15 is 0 Å². The molecule has 16 heavy (non-hydrogen) atoms. The van der Waals surface area contributed by atoms with Crippen LogP contribution in [0, 0.1) is 0 Å². The van der Waals surface area contributed by atoms with Crippen LogP contribution in [0.5, 0.6) is 5.75 Å². The minimum Gasteiger partial charge on any atom is -0.497 e. The van der Waals surface area contributed by atoms with Crippen LogP contribution in [-0.4, -0.2) is 35.5 Å². The molecule has 5 heteroatoms. The van der Waals surface area contributed by atoms with Gasteiger partial charge in [0, 0.05) is 12.1 Å². The molecule has 0 saturated carbocycles. The van der Waals surface area contributed by atoms with Gasteiger partial charge in [0.1, 0.15) is 12.3 Å². The number of methoxy groups -OCH3 is 1. The van der Waals surface area contributed by atoms with Crippen molar-refractivity contribution in [3.8, 4) is 5.75 Å². The first kappa shape index (κ1) is 10.5. The largest absolute Gasteiger partial charge is 0.497 e. The van der Waals surface area contributed by atoms with Crippen LogP contribution in [0.2, 0.25) is 0 Å². The molecular weight excluding hydrogens is 210 g/mol. The lowest BCUT2D eigenvalue weighted by atomic mass is 10.1. The average Bonchev–Trinajstić information content (AvgIpc) is 2.55. The number of hydrogen-bond donors (Lipinski definition) is 1. The Kier molecular flexibility index (Phi) is 2.52. The van der Waals surface area contributed by atoms with Gasteiger partial charge in [-0.3, -0.25) is 9.59 Å². The number of carbonyl (C=O) groups excluding carboxylic acids is 1. The van der Waals surface area contributed by atoms with E-state index in [1.54, 1.807) is 18.2 Å². The topological polar surface area (TPSA) is 66.8 Å². The molecule has 2 rings (SSSR count). The van der Waals surface area contributed by atoms with E-state index in [1.807, 2.05) is 0 Å². The lowest BCUT2D eigenvalue weighted by Gasteiger charge is -2.11. The number of aliphatic carboxylic acids is 1. The summed E-state index contributed by atoms with van der Waals surface area (Å²) >= 11 is 0. The second-order valence-electron chi connectivity index (χ2n) is 3.58. The predicted octanol–water partition coefficient (Wildman–Crippen LogP) is 0.736. The molecule has 0 saturated heterocycles. The van der Waals surface area contributed by atoms with Crippen molar-refractivity contribution in [2.45, 2.75) is 6.54 Å². The average molecular weight is 221 g/mol. The highest BCUT2D eigenvalue weighted by molar-refractivity contribution is 6.00. The molecule has 0 atom stereocenters. The van der Waals surface area contributed by atoms with E-state index in [1.165, 1.54) is 12.0 Å². The molecule has 0 aromatic heterocycles. The van der Waals surface area contributed by atoms with Crippen molar-refractivity contribution in [3.63, 3.8) is 0 Å². The SMILES string of the molecule is COc1ccc2c(c1)C(=O)N(CC(=O)O)C2. The summed E-state index contributed by atoms with van der Waals surface area (Å²) in [6.45, 7) is 0.0836. The van der Waals surface area contributed by atoms with E-state index in [4.69, 9.17) is 9.84 Å². The van der Waals surface area contributed by atoms with Crippen LogP contribution in [0.25, 0.3) is 0 Å². The number of ether oxygens (including phenoxy) is 1. The second kappa shape index (κ2) is 3.84. The van der Waals surface area contributed by atoms with Crippen molar-refractivity contribution in [2.24, 2.45) is 0 Å². The number of carbonyl (C=O) groups is 2. The number of carboxylic acid groups (broad SMARTS) is 1. The fourth-order valence-electron chi connectivity index (χ4n) is 1.76. The third kappa shape index (κ3) is 1.71. The Labute approximate surface area is 92.2 Å². The number of rotatable bonds is 3. The Hall–Kier alpha value is -2.04. The molecule has 0 spiro atoms. The van der Waals surface area contributed by atoms with Crippen molar-refractivity contribution in [3.05, 3.63) is 29.3 Å². The van der Waals surface area contributed by atoms with Crippen molar-refractivity contribution >= 4 is 11.9 Å². The van der Waals surface area contributed by atoms with Gasteiger partial charge < -0.3 is 14.7 Å². The molecule has 0 bridgehead atoms. The number of hydrogen-bond acceptors (Lipinski definition) is 3. The van der Waals surface area contributed by atoms with Gasteiger partial charge in [0.15, 0.2) is 0 Å². The summed E-state index contributed by atoms with van der Waals surface area (Å²) in [7, 11) is 1.52. The van der Waals surface area contributed by atoms with Gasteiger partial charge in [0.25, 0.3) is 5.91 Å². The van der Waals surface area contributed by atoms with Crippen molar-refractivity contribution < 1.29 is 19.4 Å². The Balaban J connectivity index is 2.28. The van der Waals surface area contributed by atoms with Gasteiger partial charge >= 0.3 is 5.97 Å². The summed E-state index contributed by atoms with van der Waals surface area (Å²) in [6, 6.07) is 5.18. The molecule has 84 valence electrons. The normalized spacial score (nSPS) is 13.8. The summed E-state index contributed by atoms with van der Waals surface area (Å²) < 4.78 is 5.02. The molecule has 0 fully saturated rings. The Morgan fingerprint density at radius 1 is 1.56 bits per heavy atom. The lowest BCUT2D eigenvalue weighted by molar-refractivity contribution is -0.137. The molecule has 1 aliphatic rings. The van der Waals surface area contributed by atoms with Gasteiger partial charge in [-0.05, 0) is 17.7 Å². The third-order valence-corrected chi connectivity index (χ3v) is 2.52. The van der Waals surface area contributed by atoms with Crippen molar-refractivity contribution in [1.82, 2.24) is 4.90 Å². The Morgan fingerprint density at radius 2 is 2.31 bits per heavy atom. The van der Waals surface area contributed by atoms with Crippen LogP contribution in [0.4, 0.5) is 0 Å². The van der Waals surface area contributed by atoms with Gasteiger partial charge in [-0.25, -0.2) is 0 Å². The molecular formula is C11H11NO4. The molecule has 0 radical (unpaired) electrons. The molecule has 1 aromatic carbocycles. The zero-order valence-electron chi connectivity index (χ0n) is 8.77. The number of benzene rings is 1. The summed E-state index contributed by atoms with van der Waals surface area (Å²) in [6.07, 6.45) is 0. The predicted molar refractivity (Wildman–Crippen MR) is 55.4 cm³/mol. The van der Waals surface area contributed by atoms with E-state index in [9.17, 15) is 9.59 Å². The molecule has 0 unspecified atom stereocenters. The monoisotopic (exact) mass is 221 g/mol. The third-order valence-electron chi connectivity index (χ3n) is 2.52. The zero-order valence-corrected chi connectivity index (χ0v) is 8.77. The first-order valence-electron chi connectivity index (χ1n) is 4.80. The molecule has 1 N–H and O–H groups in total. The first-order chi connectivity index (χ1) is 7.61. The molecule has 0 aliphatic carbocycles. The highest BCUT2D eigenvalue weighted by Gasteiger charge is 2.28. The molecule has 1 heterocycles. The standard InChI is InChI=1S/C11H11NO4/c1-16-8-3-2-7-5-12(6-10(13)14)11(15)9(7)4-8/h2-4H,5-6H2,1H3,(H,13,14). The van der Waals surface area contributed by atoms with Crippen LogP contribution in [0.1, 0.15) is 15.9 Å². The quantitative estimate of drug-likeness (QED) is 0.817. The minimum atomic E-state index is -1.01. The van der Waals surface area contributed by atoms with E-state index < -0.39 is 5.97 Å². The molecule has 5 nitrogen and oxygen atoms in total. The van der Waals surface area contributed by atoms with Gasteiger partial charge in [0.05, 0.1) is 7.11 Å². The fourth-order valence-corrected chi connectivity index (χ4v) is 1.76. The first-order valence-corrected chi connectivity index (χ1v) is 4.80. The fraction of sp³-hybridized carbons (Fsp3) is 0.273. The van der Waals surface area contributed by atoms with Crippen LogP contribution in [-0.2, 0) is 11.3 Å². The van der Waals surface area contributed by atoms with E-state index in [-0.39, 0.29) is 12.5 Å². The van der Waals surface area contributed by atoms with Crippen LogP contribution in [0.3, 0.4) is 0 Å². The number of nitrogens with zero attached hydrogens (tertiary/aromatic N) is 1. The number of amides is 1. The number of carboxylic acids is 1. The van der Waals surface area contributed by atoms with Crippen molar-refractivity contribution in [1.29, 1.82) is 0 Å². The van der Waals surface area contributed by atoms with Crippen LogP contribution >= 0.6 is 0 Å². The summed E-state index contributed by atoms with van der Waals surface area (Å²) in [5, 5.41) is 8.65. The maximum absolute atomic E-state index is 11.8. The van der Waals surface area contributed by atoms with Gasteiger partial charge in [0.2, 0.25) is 0 Å². The van der Waals surface area contributed by atoms with Gasteiger partial charge in [-0.2, -0.15) is 0 Å². The minimum absolute atomic E-state index is 0.253. The van der Waals surface area contributed by atoms with Crippen molar-refractivity contribution in [2.75, 3.05) is 13.7 Å². The Morgan fingerprint density at radius 3 is 2.94 bits per heavy atom. The zero-order chi connectivity index (χ0) is 11.7. The lowest BCUT2D eigenvalue weighted by Crippen LogP contribution is -2.29. The molecule has 1 aromatic rings. The van der Waals surface area contributed by atoms with E-state index in [0.29, 0.717) is 17.9 Å².